The molecule has 1 aliphatic rings. The molecule has 3 aromatic heterocycles. The van der Waals surface area contributed by atoms with Crippen LogP contribution in [0.2, 0.25) is 0 Å². The van der Waals surface area contributed by atoms with Crippen molar-refractivity contribution in [3.05, 3.63) is 48.4 Å². The van der Waals surface area contributed by atoms with E-state index < -0.39 is 0 Å². The van der Waals surface area contributed by atoms with Crippen LogP contribution in [0.3, 0.4) is 0 Å². The van der Waals surface area contributed by atoms with Gasteiger partial charge in [-0.25, -0.2) is 0 Å². The lowest BCUT2D eigenvalue weighted by Crippen LogP contribution is -1.94. The molecule has 3 heterocycles. The fraction of sp³-hybridized carbons (Fsp3) is 0.222. The van der Waals surface area contributed by atoms with E-state index in [0.717, 1.165) is 27.6 Å². The van der Waals surface area contributed by atoms with Gasteiger partial charge >= 0.3 is 0 Å². The van der Waals surface area contributed by atoms with E-state index in [2.05, 4.69) is 37.0 Å². The molecule has 4 aromatic rings. The quantitative estimate of drug-likeness (QED) is 0.575. The van der Waals surface area contributed by atoms with Gasteiger partial charge in [-0.05, 0) is 49.6 Å². The Hall–Kier alpha value is -3.02. The Morgan fingerprint density at radius 3 is 2.92 bits per heavy atom. The third-order valence-electron chi connectivity index (χ3n) is 4.44. The molecule has 0 unspecified atom stereocenters. The highest BCUT2D eigenvalue weighted by Gasteiger charge is 2.25. The van der Waals surface area contributed by atoms with Crippen LogP contribution < -0.4 is 0 Å². The summed E-state index contributed by atoms with van der Waals surface area (Å²) in [6.07, 6.45) is 7.85. The van der Waals surface area contributed by atoms with Crippen molar-refractivity contribution in [2.75, 3.05) is 0 Å². The lowest BCUT2D eigenvalue weighted by Gasteiger charge is -2.00. The molecule has 1 fully saturated rings. The molecule has 0 aliphatic heterocycles. The van der Waals surface area contributed by atoms with Crippen molar-refractivity contribution in [1.29, 1.82) is 0 Å². The Morgan fingerprint density at radius 2 is 2.08 bits per heavy atom. The molecular formula is C18H15N5O. The molecule has 1 aromatic carbocycles. The van der Waals surface area contributed by atoms with E-state index >= 15 is 0 Å². The predicted octanol–water partition coefficient (Wildman–Crippen LogP) is 3.79. The van der Waals surface area contributed by atoms with E-state index in [4.69, 9.17) is 4.52 Å². The summed E-state index contributed by atoms with van der Waals surface area (Å²) in [6.45, 7) is 2.01. The molecule has 1 saturated carbocycles. The minimum atomic E-state index is 0.509. The third kappa shape index (κ3) is 2.11. The molecule has 118 valence electrons. The summed E-state index contributed by atoms with van der Waals surface area (Å²) in [7, 11) is 0. The first kappa shape index (κ1) is 13.4. The van der Waals surface area contributed by atoms with Crippen molar-refractivity contribution in [1.82, 2.24) is 24.9 Å². The van der Waals surface area contributed by atoms with Gasteiger partial charge in [-0.1, -0.05) is 5.16 Å². The summed E-state index contributed by atoms with van der Waals surface area (Å²) in [6, 6.07) is 8.64. The highest BCUT2D eigenvalue weighted by Crippen LogP contribution is 2.37. The Bertz CT molecular complexity index is 1040. The fourth-order valence-electron chi connectivity index (χ4n) is 2.94. The molecule has 0 bridgehead atoms. The van der Waals surface area contributed by atoms with E-state index in [1.807, 2.05) is 25.3 Å². The predicted molar refractivity (Wildman–Crippen MR) is 89.3 cm³/mol. The van der Waals surface area contributed by atoms with Crippen molar-refractivity contribution in [2.24, 2.45) is 0 Å². The summed E-state index contributed by atoms with van der Waals surface area (Å²) in [5.41, 5.74) is 4.01. The molecule has 5 rings (SSSR count). The molecule has 6 heteroatoms. The number of hydrogen-bond donors (Lipinski definition) is 0. The number of hydrogen-bond acceptors (Lipinski definition) is 5. The first-order valence-electron chi connectivity index (χ1n) is 8.02. The molecule has 1 aliphatic carbocycles. The van der Waals surface area contributed by atoms with E-state index in [9.17, 15) is 0 Å². The van der Waals surface area contributed by atoms with E-state index in [-0.39, 0.29) is 0 Å². The topological polar surface area (TPSA) is 69.6 Å². The van der Waals surface area contributed by atoms with Gasteiger partial charge in [0.2, 0.25) is 5.82 Å². The number of pyridine rings is 1. The maximum absolute atomic E-state index is 5.46. The van der Waals surface area contributed by atoms with Crippen LogP contribution in [0.4, 0.5) is 0 Å². The highest BCUT2D eigenvalue weighted by atomic mass is 16.5. The second-order valence-corrected chi connectivity index (χ2v) is 6.21. The van der Waals surface area contributed by atoms with Crippen molar-refractivity contribution in [3.63, 3.8) is 0 Å². The van der Waals surface area contributed by atoms with Crippen LogP contribution >= 0.6 is 0 Å². The van der Waals surface area contributed by atoms with Gasteiger partial charge in [-0.2, -0.15) is 10.1 Å². The summed E-state index contributed by atoms with van der Waals surface area (Å²) >= 11 is 0. The SMILES string of the molecule is Cc1ccncc1-c1noc(-c2ccc3c(cnn3C3CC3)c2)n1. The lowest BCUT2D eigenvalue weighted by atomic mass is 10.1. The van der Waals surface area contributed by atoms with Gasteiger partial charge in [0.25, 0.3) is 5.89 Å². The van der Waals surface area contributed by atoms with Gasteiger partial charge in [0.15, 0.2) is 0 Å². The number of rotatable bonds is 3. The number of benzene rings is 1. The van der Waals surface area contributed by atoms with Gasteiger partial charge in [-0.15, -0.1) is 0 Å². The average Bonchev–Trinajstić information content (AvgIpc) is 3.18. The van der Waals surface area contributed by atoms with E-state index in [1.54, 1.807) is 12.4 Å². The van der Waals surface area contributed by atoms with E-state index in [0.29, 0.717) is 17.8 Å². The zero-order chi connectivity index (χ0) is 16.1. The minimum Gasteiger partial charge on any atom is -0.334 e. The smallest absolute Gasteiger partial charge is 0.258 e. The zero-order valence-corrected chi connectivity index (χ0v) is 13.2. The lowest BCUT2D eigenvalue weighted by molar-refractivity contribution is 0.432. The number of aromatic nitrogens is 5. The van der Waals surface area contributed by atoms with Crippen molar-refractivity contribution >= 4 is 10.9 Å². The molecule has 0 spiro atoms. The third-order valence-corrected chi connectivity index (χ3v) is 4.44. The molecule has 0 amide bonds. The standard InChI is InChI=1S/C18H15N5O/c1-11-6-7-19-10-15(11)17-21-18(24-22-17)12-2-5-16-13(8-12)9-20-23(16)14-3-4-14/h2,5-10,14H,3-4H2,1H3. The van der Waals surface area contributed by atoms with Crippen molar-refractivity contribution in [3.8, 4) is 22.8 Å². The zero-order valence-electron chi connectivity index (χ0n) is 13.2. The monoisotopic (exact) mass is 317 g/mol. The summed E-state index contributed by atoms with van der Waals surface area (Å²) in [4.78, 5) is 8.66. The van der Waals surface area contributed by atoms with Gasteiger partial charge < -0.3 is 4.52 Å². The van der Waals surface area contributed by atoms with Crippen LogP contribution in [0, 0.1) is 6.92 Å². The fourth-order valence-corrected chi connectivity index (χ4v) is 2.94. The second-order valence-electron chi connectivity index (χ2n) is 6.21. The molecule has 0 N–H and O–H groups in total. The first-order valence-corrected chi connectivity index (χ1v) is 8.02. The maximum atomic E-state index is 5.46. The maximum Gasteiger partial charge on any atom is 0.258 e. The summed E-state index contributed by atoms with van der Waals surface area (Å²) in [5, 5.41) is 9.69. The van der Waals surface area contributed by atoms with Crippen LogP contribution in [0.25, 0.3) is 33.7 Å². The van der Waals surface area contributed by atoms with Crippen LogP contribution in [0.15, 0.2) is 47.4 Å². The normalized spacial score (nSPS) is 14.4. The summed E-state index contributed by atoms with van der Waals surface area (Å²) < 4.78 is 7.57. The Labute approximate surface area is 138 Å². The second kappa shape index (κ2) is 4.99. The van der Waals surface area contributed by atoms with Crippen LogP contribution in [-0.2, 0) is 0 Å². The molecule has 0 radical (unpaired) electrons. The summed E-state index contributed by atoms with van der Waals surface area (Å²) in [5.74, 6) is 1.07. The van der Waals surface area contributed by atoms with Crippen LogP contribution in [-0.4, -0.2) is 24.9 Å². The number of aryl methyl sites for hydroxylation is 1. The molecule has 0 atom stereocenters. The molecular weight excluding hydrogens is 302 g/mol. The van der Waals surface area contributed by atoms with E-state index in [1.165, 1.54) is 12.8 Å². The largest absolute Gasteiger partial charge is 0.334 e. The van der Waals surface area contributed by atoms with Gasteiger partial charge in [0.05, 0.1) is 17.8 Å². The number of fused-ring (bicyclic) bond motifs is 1. The highest BCUT2D eigenvalue weighted by molar-refractivity contribution is 5.83. The van der Waals surface area contributed by atoms with Gasteiger partial charge in [0.1, 0.15) is 0 Å². The minimum absolute atomic E-state index is 0.509. The average molecular weight is 317 g/mol. The Kier molecular flexibility index (Phi) is 2.79. The van der Waals surface area contributed by atoms with Gasteiger partial charge in [0, 0.05) is 28.9 Å². The first-order chi connectivity index (χ1) is 11.8. The number of nitrogens with zero attached hydrogens (tertiary/aromatic N) is 5. The molecule has 6 nitrogen and oxygen atoms in total. The molecule has 0 saturated heterocycles. The van der Waals surface area contributed by atoms with Gasteiger partial charge in [-0.3, -0.25) is 9.67 Å². The molecule has 24 heavy (non-hydrogen) atoms. The Balaban J connectivity index is 1.55. The van der Waals surface area contributed by atoms with Crippen molar-refractivity contribution < 1.29 is 4.52 Å². The Morgan fingerprint density at radius 1 is 1.17 bits per heavy atom. The van der Waals surface area contributed by atoms with Crippen molar-refractivity contribution in [2.45, 2.75) is 25.8 Å². The van der Waals surface area contributed by atoms with Crippen LogP contribution in [0.5, 0.6) is 0 Å². The van der Waals surface area contributed by atoms with Crippen LogP contribution in [0.1, 0.15) is 24.4 Å².